The summed E-state index contributed by atoms with van der Waals surface area (Å²) in [5.74, 6) is -0.342. The highest BCUT2D eigenvalue weighted by Crippen LogP contribution is 2.34. The molecule has 1 unspecified atom stereocenters. The number of nitrogens with zero attached hydrogens (tertiary/aromatic N) is 2. The van der Waals surface area contributed by atoms with Crippen LogP contribution in [0.2, 0.25) is 0 Å². The molecule has 0 aliphatic carbocycles. The molecule has 0 radical (unpaired) electrons. The van der Waals surface area contributed by atoms with E-state index < -0.39 is 5.92 Å². The van der Waals surface area contributed by atoms with E-state index in [9.17, 15) is 14.9 Å². The molecule has 0 saturated carbocycles. The van der Waals surface area contributed by atoms with Gasteiger partial charge in [-0.05, 0) is 35.9 Å². The van der Waals surface area contributed by atoms with Gasteiger partial charge in [0.2, 0.25) is 0 Å². The number of carbonyl (C=O) groups excluding carboxylic acids is 2. The van der Waals surface area contributed by atoms with Gasteiger partial charge in [-0.2, -0.15) is 5.26 Å². The number of thiazole rings is 1. The zero-order valence-electron chi connectivity index (χ0n) is 16.3. The first kappa shape index (κ1) is 19.6. The highest BCUT2D eigenvalue weighted by molar-refractivity contribution is 7.10. The molecule has 4 rings (SSSR count). The Balaban J connectivity index is 1.62. The number of ether oxygens (including phenoxy) is 2. The van der Waals surface area contributed by atoms with E-state index in [4.69, 9.17) is 9.47 Å². The number of hydrogen-bond acceptors (Lipinski definition) is 7. The maximum absolute atomic E-state index is 13.0. The second-order valence-electron chi connectivity index (χ2n) is 6.62. The summed E-state index contributed by atoms with van der Waals surface area (Å²) in [6.45, 7) is 0.382. The standard InChI is InChI=1S/C22H17N3O4S/c1-28-18-6-4-12(8-19(18)29-2)17-11-30-22(25-17)16(9-23)20(26)13-3-5-15-14(7-13)10-24-21(15)27/h3-8,11,16H,10H2,1-2H3,(H,24,27). The van der Waals surface area contributed by atoms with Gasteiger partial charge in [0.15, 0.2) is 23.2 Å². The van der Waals surface area contributed by atoms with Crippen molar-refractivity contribution < 1.29 is 19.1 Å². The Morgan fingerprint density at radius 3 is 2.73 bits per heavy atom. The fraction of sp³-hybridized carbons (Fsp3) is 0.182. The zero-order chi connectivity index (χ0) is 21.3. The molecule has 2 heterocycles. The summed E-state index contributed by atoms with van der Waals surface area (Å²) in [6, 6.07) is 12.4. The van der Waals surface area contributed by atoms with Gasteiger partial charge in [-0.15, -0.1) is 11.3 Å². The number of benzene rings is 2. The van der Waals surface area contributed by atoms with Gasteiger partial charge in [0.25, 0.3) is 5.91 Å². The number of Topliss-reactive ketones (excluding diaryl/α,β-unsaturated/α-hetero) is 1. The fourth-order valence-corrected chi connectivity index (χ4v) is 4.19. The molecule has 1 amide bonds. The first-order valence-corrected chi connectivity index (χ1v) is 9.96. The van der Waals surface area contributed by atoms with E-state index in [0.717, 1.165) is 11.1 Å². The van der Waals surface area contributed by atoms with Crippen molar-refractivity contribution in [1.82, 2.24) is 10.3 Å². The Labute approximate surface area is 176 Å². The Morgan fingerprint density at radius 2 is 2.00 bits per heavy atom. The fourth-order valence-electron chi connectivity index (χ4n) is 3.33. The van der Waals surface area contributed by atoms with E-state index in [-0.39, 0.29) is 11.7 Å². The van der Waals surface area contributed by atoms with Crippen molar-refractivity contribution in [2.45, 2.75) is 12.5 Å². The van der Waals surface area contributed by atoms with Crippen molar-refractivity contribution in [3.63, 3.8) is 0 Å². The molecule has 0 fully saturated rings. The van der Waals surface area contributed by atoms with Crippen LogP contribution in [0.1, 0.15) is 37.2 Å². The van der Waals surface area contributed by atoms with E-state index in [1.54, 1.807) is 49.9 Å². The van der Waals surface area contributed by atoms with Crippen LogP contribution < -0.4 is 14.8 Å². The molecule has 0 saturated heterocycles. The quantitative estimate of drug-likeness (QED) is 0.613. The molecule has 30 heavy (non-hydrogen) atoms. The van der Waals surface area contributed by atoms with Crippen LogP contribution in [0, 0.1) is 11.3 Å². The molecule has 3 aromatic rings. The van der Waals surface area contributed by atoms with Crippen molar-refractivity contribution in [1.29, 1.82) is 5.26 Å². The highest BCUT2D eigenvalue weighted by Gasteiger charge is 2.27. The van der Waals surface area contributed by atoms with Gasteiger partial charge in [0.1, 0.15) is 5.01 Å². The van der Waals surface area contributed by atoms with Crippen LogP contribution in [-0.2, 0) is 6.54 Å². The Hall–Kier alpha value is -3.70. The van der Waals surface area contributed by atoms with E-state index in [1.165, 1.54) is 11.3 Å². The predicted molar refractivity (Wildman–Crippen MR) is 111 cm³/mol. The maximum atomic E-state index is 13.0. The number of amides is 1. The molecule has 1 aliphatic rings. The molecule has 2 aromatic carbocycles. The van der Waals surface area contributed by atoms with Crippen LogP contribution in [0.15, 0.2) is 41.8 Å². The van der Waals surface area contributed by atoms with E-state index in [1.807, 2.05) is 6.07 Å². The summed E-state index contributed by atoms with van der Waals surface area (Å²) in [5.41, 5.74) is 3.14. The molecule has 0 bridgehead atoms. The van der Waals surface area contributed by atoms with Gasteiger partial charge in [-0.3, -0.25) is 9.59 Å². The first-order chi connectivity index (χ1) is 14.5. The normalized spacial score (nSPS) is 13.2. The summed E-state index contributed by atoms with van der Waals surface area (Å²) in [5, 5.41) is 14.6. The summed E-state index contributed by atoms with van der Waals surface area (Å²) < 4.78 is 10.6. The largest absolute Gasteiger partial charge is 0.493 e. The maximum Gasteiger partial charge on any atom is 0.251 e. The SMILES string of the molecule is COc1ccc(-c2csc(C(C#N)C(=O)c3ccc4c(c3)CNC4=O)n2)cc1OC. The molecule has 150 valence electrons. The van der Waals surface area contributed by atoms with Crippen molar-refractivity contribution in [3.8, 4) is 28.8 Å². The number of nitrogens with one attached hydrogen (secondary N) is 1. The topological polar surface area (TPSA) is 101 Å². The molecule has 1 aliphatic heterocycles. The summed E-state index contributed by atoms with van der Waals surface area (Å²) >= 11 is 1.26. The smallest absolute Gasteiger partial charge is 0.251 e. The number of fused-ring (bicyclic) bond motifs is 1. The first-order valence-electron chi connectivity index (χ1n) is 9.08. The van der Waals surface area contributed by atoms with E-state index >= 15 is 0 Å². The van der Waals surface area contributed by atoms with Gasteiger partial charge in [0, 0.05) is 28.6 Å². The second kappa shape index (κ2) is 7.97. The molecule has 7 nitrogen and oxygen atoms in total. The monoisotopic (exact) mass is 419 g/mol. The number of nitriles is 1. The van der Waals surface area contributed by atoms with E-state index in [0.29, 0.717) is 39.9 Å². The van der Waals surface area contributed by atoms with Crippen LogP contribution in [0.3, 0.4) is 0 Å². The van der Waals surface area contributed by atoms with E-state index in [2.05, 4.69) is 16.4 Å². The Morgan fingerprint density at radius 1 is 1.20 bits per heavy atom. The van der Waals surface area contributed by atoms with Gasteiger partial charge in [-0.25, -0.2) is 4.98 Å². The molecular weight excluding hydrogens is 402 g/mol. The summed E-state index contributed by atoms with van der Waals surface area (Å²) in [4.78, 5) is 29.2. The average Bonchev–Trinajstić information content (AvgIpc) is 3.41. The molecule has 0 spiro atoms. The number of carbonyl (C=O) groups is 2. The van der Waals surface area contributed by atoms with Crippen LogP contribution >= 0.6 is 11.3 Å². The minimum atomic E-state index is -1.02. The number of methoxy groups -OCH3 is 2. The van der Waals surface area contributed by atoms with Crippen molar-refractivity contribution >= 4 is 23.0 Å². The lowest BCUT2D eigenvalue weighted by Gasteiger charge is -2.08. The summed E-state index contributed by atoms with van der Waals surface area (Å²) in [7, 11) is 3.12. The minimum Gasteiger partial charge on any atom is -0.493 e. The lowest BCUT2D eigenvalue weighted by molar-refractivity contribution is 0.0960. The predicted octanol–water partition coefficient (Wildman–Crippen LogP) is 3.56. The molecule has 1 aromatic heterocycles. The zero-order valence-corrected chi connectivity index (χ0v) is 17.1. The number of aromatic nitrogens is 1. The van der Waals surface area contributed by atoms with Crippen molar-refractivity contribution in [3.05, 3.63) is 63.5 Å². The van der Waals surface area contributed by atoms with Crippen LogP contribution in [0.25, 0.3) is 11.3 Å². The lowest BCUT2D eigenvalue weighted by Crippen LogP contribution is -2.12. The van der Waals surface area contributed by atoms with Crippen LogP contribution in [0.4, 0.5) is 0 Å². The van der Waals surface area contributed by atoms with Gasteiger partial charge in [0.05, 0.1) is 26.0 Å². The third kappa shape index (κ3) is 3.40. The molecule has 1 atom stereocenters. The average molecular weight is 419 g/mol. The molecule has 8 heteroatoms. The van der Waals surface area contributed by atoms with Gasteiger partial charge < -0.3 is 14.8 Å². The number of rotatable bonds is 6. The third-order valence-corrected chi connectivity index (χ3v) is 5.82. The molecular formula is C22H17N3O4S. The van der Waals surface area contributed by atoms with Gasteiger partial charge in [-0.1, -0.05) is 6.07 Å². The highest BCUT2D eigenvalue weighted by atomic mass is 32.1. The number of hydrogen-bond donors (Lipinski definition) is 1. The lowest BCUT2D eigenvalue weighted by atomic mass is 9.96. The minimum absolute atomic E-state index is 0.152. The van der Waals surface area contributed by atoms with Crippen molar-refractivity contribution in [2.24, 2.45) is 0 Å². The van der Waals surface area contributed by atoms with Gasteiger partial charge >= 0.3 is 0 Å². The third-order valence-electron chi connectivity index (χ3n) is 4.91. The Bertz CT molecular complexity index is 1200. The molecule has 1 N–H and O–H groups in total. The van der Waals surface area contributed by atoms with Crippen LogP contribution in [0.5, 0.6) is 11.5 Å². The second-order valence-corrected chi connectivity index (χ2v) is 7.51. The van der Waals surface area contributed by atoms with Crippen molar-refractivity contribution in [2.75, 3.05) is 14.2 Å². The Kier molecular flexibility index (Phi) is 5.21. The number of ketones is 1. The van der Waals surface area contributed by atoms with Crippen LogP contribution in [-0.4, -0.2) is 30.9 Å². The summed E-state index contributed by atoms with van der Waals surface area (Å²) in [6.07, 6.45) is 0.